The Morgan fingerprint density at radius 3 is 1.07 bits per heavy atom. The largest absolute Gasteiger partial charge is 0.249 e. The molecule has 2 aromatic carbocycles. The third-order valence-electron chi connectivity index (χ3n) is 8.43. The van der Waals surface area contributed by atoms with Gasteiger partial charge < -0.3 is 0 Å². The molecule has 40 heavy (non-hydrogen) atoms. The Morgan fingerprint density at radius 2 is 0.750 bits per heavy atom. The zero-order valence-corrected chi connectivity index (χ0v) is 27.7. The van der Waals surface area contributed by atoms with E-state index in [-0.39, 0.29) is 0 Å². The van der Waals surface area contributed by atoms with Gasteiger partial charge >= 0.3 is 0 Å². The van der Waals surface area contributed by atoms with Crippen LogP contribution < -0.4 is 0 Å². The van der Waals surface area contributed by atoms with E-state index in [0.717, 1.165) is 22.6 Å². The van der Waals surface area contributed by atoms with Gasteiger partial charge in [-0.15, -0.1) is 0 Å². The molecule has 226 valence electrons. The van der Waals surface area contributed by atoms with Gasteiger partial charge in [0, 0.05) is 9.79 Å². The van der Waals surface area contributed by atoms with Crippen molar-refractivity contribution in [2.75, 3.05) is 0 Å². The quantitative estimate of drug-likeness (QED) is 0.115. The molecule has 2 aromatic rings. The minimum atomic E-state index is -1.12. The average molecular weight is 567 g/mol. The van der Waals surface area contributed by atoms with E-state index in [1.807, 2.05) is 0 Å². The standard InChI is InChI=1S/C38H62OS/c1-5-7-9-11-13-15-17-19-21-23-25-35-31-33(3)27-29-37(35)40(39)38-30-28-34(4)32-36(38)26-24-22-20-18-16-14-12-10-8-6-2/h27-32H,5-26H2,1-4H3. The van der Waals surface area contributed by atoms with Gasteiger partial charge in [0.05, 0.1) is 10.8 Å². The highest BCUT2D eigenvalue weighted by atomic mass is 32.2. The second-order valence-corrected chi connectivity index (χ2v) is 13.8. The Labute approximate surface area is 251 Å². The Hall–Kier alpha value is -1.41. The molecule has 0 unspecified atom stereocenters. The van der Waals surface area contributed by atoms with E-state index in [9.17, 15) is 4.21 Å². The number of aryl methyl sites for hydroxylation is 4. The maximum Gasteiger partial charge on any atom is 0.0855 e. The summed E-state index contributed by atoms with van der Waals surface area (Å²) in [6.07, 6.45) is 29.1. The van der Waals surface area contributed by atoms with Crippen molar-refractivity contribution in [2.24, 2.45) is 0 Å². The van der Waals surface area contributed by atoms with Gasteiger partial charge in [0.15, 0.2) is 0 Å². The van der Waals surface area contributed by atoms with E-state index in [4.69, 9.17) is 0 Å². The number of unbranched alkanes of at least 4 members (excludes halogenated alkanes) is 18. The van der Waals surface area contributed by atoms with Crippen LogP contribution in [-0.4, -0.2) is 4.21 Å². The summed E-state index contributed by atoms with van der Waals surface area (Å²) in [4.78, 5) is 2.07. The van der Waals surface area contributed by atoms with Crippen molar-refractivity contribution < 1.29 is 4.21 Å². The molecular formula is C38H62OS. The lowest BCUT2D eigenvalue weighted by Gasteiger charge is -2.14. The van der Waals surface area contributed by atoms with E-state index >= 15 is 0 Å². The minimum Gasteiger partial charge on any atom is -0.249 e. The average Bonchev–Trinajstić information content (AvgIpc) is 2.95. The molecule has 0 amide bonds. The molecule has 0 fully saturated rings. The maximum absolute atomic E-state index is 14.0. The summed E-state index contributed by atoms with van der Waals surface area (Å²) in [6, 6.07) is 13.1. The molecule has 0 heterocycles. The molecule has 2 rings (SSSR count). The van der Waals surface area contributed by atoms with E-state index < -0.39 is 10.8 Å². The van der Waals surface area contributed by atoms with E-state index in [2.05, 4.69) is 64.1 Å². The van der Waals surface area contributed by atoms with Crippen molar-refractivity contribution in [1.82, 2.24) is 0 Å². The smallest absolute Gasteiger partial charge is 0.0855 e. The second-order valence-electron chi connectivity index (χ2n) is 12.4. The first-order valence-corrected chi connectivity index (χ1v) is 18.3. The van der Waals surface area contributed by atoms with E-state index in [1.165, 1.54) is 151 Å². The fraction of sp³-hybridized carbons (Fsp3) is 0.684. The van der Waals surface area contributed by atoms with Gasteiger partial charge in [-0.2, -0.15) is 0 Å². The fourth-order valence-corrected chi connectivity index (χ4v) is 7.31. The van der Waals surface area contributed by atoms with Gasteiger partial charge in [0.25, 0.3) is 0 Å². The molecule has 0 atom stereocenters. The lowest BCUT2D eigenvalue weighted by molar-refractivity contribution is 0.555. The van der Waals surface area contributed by atoms with Gasteiger partial charge in [0.2, 0.25) is 0 Å². The Morgan fingerprint density at radius 1 is 0.450 bits per heavy atom. The van der Waals surface area contributed by atoms with Crippen molar-refractivity contribution in [3.8, 4) is 0 Å². The molecule has 0 aliphatic carbocycles. The molecule has 0 aliphatic heterocycles. The van der Waals surface area contributed by atoms with Crippen molar-refractivity contribution in [3.63, 3.8) is 0 Å². The van der Waals surface area contributed by atoms with E-state index in [0.29, 0.717) is 0 Å². The van der Waals surface area contributed by atoms with Gasteiger partial charge in [-0.1, -0.05) is 165 Å². The van der Waals surface area contributed by atoms with Crippen LogP contribution in [0.15, 0.2) is 46.2 Å². The summed E-state index contributed by atoms with van der Waals surface area (Å²) in [6.45, 7) is 8.90. The summed E-state index contributed by atoms with van der Waals surface area (Å²) >= 11 is 0. The predicted octanol–water partition coefficient (Wildman–Crippen LogP) is 12.4. The van der Waals surface area contributed by atoms with Crippen LogP contribution in [-0.2, 0) is 23.6 Å². The number of rotatable bonds is 24. The first kappa shape index (κ1) is 34.8. The lowest BCUT2D eigenvalue weighted by Crippen LogP contribution is -2.04. The summed E-state index contributed by atoms with van der Waals surface area (Å²) in [5.41, 5.74) is 5.14. The molecule has 0 radical (unpaired) electrons. The van der Waals surface area contributed by atoms with Crippen molar-refractivity contribution in [2.45, 2.75) is 179 Å². The highest BCUT2D eigenvalue weighted by Crippen LogP contribution is 2.27. The highest BCUT2D eigenvalue weighted by molar-refractivity contribution is 7.85. The van der Waals surface area contributed by atoms with Crippen LogP contribution in [0.2, 0.25) is 0 Å². The molecule has 0 spiro atoms. The van der Waals surface area contributed by atoms with Crippen LogP contribution in [0.5, 0.6) is 0 Å². The highest BCUT2D eigenvalue weighted by Gasteiger charge is 2.16. The Bertz CT molecular complexity index is 871. The van der Waals surface area contributed by atoms with Crippen LogP contribution in [0.4, 0.5) is 0 Å². The molecule has 0 saturated carbocycles. The van der Waals surface area contributed by atoms with Gasteiger partial charge in [-0.25, -0.2) is 4.21 Å². The molecular weight excluding hydrogens is 504 g/mol. The van der Waals surface area contributed by atoms with E-state index in [1.54, 1.807) is 0 Å². The van der Waals surface area contributed by atoms with Crippen LogP contribution in [0.3, 0.4) is 0 Å². The Kier molecular flexibility index (Phi) is 19.3. The molecule has 0 aromatic heterocycles. The topological polar surface area (TPSA) is 17.1 Å². The summed E-state index contributed by atoms with van der Waals surface area (Å²) in [7, 11) is -1.12. The van der Waals surface area contributed by atoms with Crippen LogP contribution >= 0.6 is 0 Å². The summed E-state index contributed by atoms with van der Waals surface area (Å²) in [5, 5.41) is 0. The first-order chi connectivity index (χ1) is 19.6. The van der Waals surface area contributed by atoms with Gasteiger partial charge in [-0.3, -0.25) is 0 Å². The van der Waals surface area contributed by atoms with Crippen LogP contribution in [0.25, 0.3) is 0 Å². The number of hydrogen-bond acceptors (Lipinski definition) is 1. The van der Waals surface area contributed by atoms with Crippen LogP contribution in [0, 0.1) is 13.8 Å². The van der Waals surface area contributed by atoms with Gasteiger partial charge in [0.1, 0.15) is 0 Å². The second kappa shape index (κ2) is 22.2. The summed E-state index contributed by atoms with van der Waals surface area (Å²) < 4.78 is 14.0. The zero-order chi connectivity index (χ0) is 28.8. The molecule has 0 bridgehead atoms. The third-order valence-corrected chi connectivity index (χ3v) is 10.0. The van der Waals surface area contributed by atoms with Gasteiger partial charge in [-0.05, 0) is 62.8 Å². The van der Waals surface area contributed by atoms with Crippen molar-refractivity contribution in [1.29, 1.82) is 0 Å². The number of benzene rings is 2. The first-order valence-electron chi connectivity index (χ1n) is 17.2. The maximum atomic E-state index is 14.0. The number of hydrogen-bond donors (Lipinski definition) is 0. The molecule has 2 heteroatoms. The van der Waals surface area contributed by atoms with Crippen molar-refractivity contribution >= 4 is 10.8 Å². The molecule has 0 saturated heterocycles. The zero-order valence-electron chi connectivity index (χ0n) is 26.8. The monoisotopic (exact) mass is 566 g/mol. The third kappa shape index (κ3) is 14.5. The lowest BCUT2D eigenvalue weighted by atomic mass is 10.0. The van der Waals surface area contributed by atoms with Crippen LogP contribution in [0.1, 0.15) is 165 Å². The summed E-state index contributed by atoms with van der Waals surface area (Å²) in [5.74, 6) is 0. The normalized spacial score (nSPS) is 11.5. The fourth-order valence-electron chi connectivity index (χ4n) is 5.89. The SMILES string of the molecule is CCCCCCCCCCCCc1cc(C)ccc1S(=O)c1ccc(C)cc1CCCCCCCCCCCC. The van der Waals surface area contributed by atoms with Crippen molar-refractivity contribution in [3.05, 3.63) is 58.7 Å². The predicted molar refractivity (Wildman–Crippen MR) is 178 cm³/mol. The Balaban J connectivity index is 1.85. The molecule has 0 N–H and O–H groups in total. The molecule has 1 nitrogen and oxygen atoms in total. The molecule has 0 aliphatic rings. The minimum absolute atomic E-state index is 1.04.